The fourth-order valence-corrected chi connectivity index (χ4v) is 3.78. The molecular weight excluding hydrogens is 431 g/mol. The van der Waals surface area contributed by atoms with Crippen molar-refractivity contribution in [2.45, 2.75) is 12.8 Å². The molecular formula is C17H13BrClFN2O2S. The van der Waals surface area contributed by atoms with Crippen LogP contribution >= 0.6 is 38.9 Å². The van der Waals surface area contributed by atoms with E-state index in [0.29, 0.717) is 45.6 Å². The second-order valence-corrected chi connectivity index (χ2v) is 7.56. The van der Waals surface area contributed by atoms with E-state index in [-0.39, 0.29) is 11.7 Å². The summed E-state index contributed by atoms with van der Waals surface area (Å²) in [6.07, 6.45) is 0.830. The number of aromatic nitrogens is 1. The van der Waals surface area contributed by atoms with Crippen LogP contribution in [0.4, 0.5) is 9.52 Å². The Morgan fingerprint density at radius 1 is 1.32 bits per heavy atom. The molecule has 0 atom stereocenters. The maximum Gasteiger partial charge on any atom is 0.226 e. The number of hydrogen-bond donors (Lipinski definition) is 1. The van der Waals surface area contributed by atoms with E-state index in [0.717, 1.165) is 4.47 Å². The SMILES string of the molecule is O=C(CCCOc1ccc(Br)cc1Cl)Nc1nc2ccc(F)cc2s1. The normalized spacial score (nSPS) is 10.8. The van der Waals surface area contributed by atoms with E-state index < -0.39 is 0 Å². The van der Waals surface area contributed by atoms with Crippen LogP contribution < -0.4 is 10.1 Å². The summed E-state index contributed by atoms with van der Waals surface area (Å²) in [5, 5.41) is 3.70. The van der Waals surface area contributed by atoms with Crippen LogP contribution in [0.3, 0.4) is 0 Å². The molecule has 0 fully saturated rings. The van der Waals surface area contributed by atoms with Crippen LogP contribution in [0.2, 0.25) is 5.02 Å². The number of amides is 1. The minimum Gasteiger partial charge on any atom is -0.492 e. The van der Waals surface area contributed by atoms with Gasteiger partial charge in [0.2, 0.25) is 5.91 Å². The predicted molar refractivity (Wildman–Crippen MR) is 102 cm³/mol. The van der Waals surface area contributed by atoms with Crippen LogP contribution in [0, 0.1) is 5.82 Å². The van der Waals surface area contributed by atoms with E-state index in [4.69, 9.17) is 16.3 Å². The number of carbonyl (C=O) groups excluding carboxylic acids is 1. The monoisotopic (exact) mass is 442 g/mol. The average Bonchev–Trinajstić information content (AvgIpc) is 2.94. The van der Waals surface area contributed by atoms with Crippen LogP contribution in [0.1, 0.15) is 12.8 Å². The number of anilines is 1. The van der Waals surface area contributed by atoms with Crippen molar-refractivity contribution >= 4 is 60.1 Å². The van der Waals surface area contributed by atoms with Gasteiger partial charge in [-0.3, -0.25) is 4.79 Å². The van der Waals surface area contributed by atoms with Gasteiger partial charge in [0.05, 0.1) is 21.8 Å². The van der Waals surface area contributed by atoms with Crippen molar-refractivity contribution in [2.75, 3.05) is 11.9 Å². The van der Waals surface area contributed by atoms with Gasteiger partial charge in [0.1, 0.15) is 11.6 Å². The number of carbonyl (C=O) groups is 1. The molecule has 1 aromatic heterocycles. The fraction of sp³-hybridized carbons (Fsp3) is 0.176. The van der Waals surface area contributed by atoms with Crippen molar-refractivity contribution in [1.82, 2.24) is 4.98 Å². The Morgan fingerprint density at radius 2 is 2.16 bits per heavy atom. The van der Waals surface area contributed by atoms with Gasteiger partial charge in [-0.1, -0.05) is 38.9 Å². The fourth-order valence-electron chi connectivity index (χ4n) is 2.14. The molecule has 0 saturated carbocycles. The standard InChI is InChI=1S/C17H13BrClFN2O2S/c18-10-3-6-14(12(19)8-10)24-7-1-2-16(23)22-17-21-13-5-4-11(20)9-15(13)25-17/h3-6,8-9H,1-2,7H2,(H,21,22,23). The van der Waals surface area contributed by atoms with Crippen LogP contribution in [0.15, 0.2) is 40.9 Å². The van der Waals surface area contributed by atoms with Crippen LogP contribution in [0.25, 0.3) is 10.2 Å². The van der Waals surface area contributed by atoms with Gasteiger partial charge in [0.15, 0.2) is 5.13 Å². The van der Waals surface area contributed by atoms with Gasteiger partial charge in [0.25, 0.3) is 0 Å². The lowest BCUT2D eigenvalue weighted by atomic mass is 10.3. The number of nitrogens with zero attached hydrogens (tertiary/aromatic N) is 1. The summed E-state index contributed by atoms with van der Waals surface area (Å²) < 4.78 is 20.3. The second kappa shape index (κ2) is 8.12. The Morgan fingerprint density at radius 3 is 2.96 bits per heavy atom. The van der Waals surface area contributed by atoms with Crippen LogP contribution in [0.5, 0.6) is 5.75 Å². The first-order chi connectivity index (χ1) is 12.0. The first kappa shape index (κ1) is 18.1. The summed E-state index contributed by atoms with van der Waals surface area (Å²) in [5.74, 6) is 0.0984. The van der Waals surface area contributed by atoms with Gasteiger partial charge in [-0.15, -0.1) is 0 Å². The Kier molecular flexibility index (Phi) is 5.88. The zero-order valence-corrected chi connectivity index (χ0v) is 16.0. The Balaban J connectivity index is 1.47. The number of rotatable bonds is 6. The summed E-state index contributed by atoms with van der Waals surface area (Å²) in [6.45, 7) is 0.375. The highest BCUT2D eigenvalue weighted by atomic mass is 79.9. The molecule has 3 rings (SSSR count). The third kappa shape index (κ3) is 4.90. The largest absolute Gasteiger partial charge is 0.492 e. The van der Waals surface area contributed by atoms with E-state index >= 15 is 0 Å². The van der Waals surface area contributed by atoms with Gasteiger partial charge in [-0.25, -0.2) is 9.37 Å². The molecule has 0 aliphatic heterocycles. The zero-order chi connectivity index (χ0) is 17.8. The molecule has 0 radical (unpaired) electrons. The molecule has 25 heavy (non-hydrogen) atoms. The first-order valence-corrected chi connectivity index (χ1v) is 9.44. The molecule has 1 N–H and O–H groups in total. The van der Waals surface area contributed by atoms with Crippen molar-refractivity contribution in [3.05, 3.63) is 51.7 Å². The molecule has 0 unspecified atom stereocenters. The van der Waals surface area contributed by atoms with Crippen molar-refractivity contribution < 1.29 is 13.9 Å². The van der Waals surface area contributed by atoms with Crippen molar-refractivity contribution in [2.24, 2.45) is 0 Å². The van der Waals surface area contributed by atoms with E-state index in [1.54, 1.807) is 18.2 Å². The topological polar surface area (TPSA) is 51.2 Å². The summed E-state index contributed by atoms with van der Waals surface area (Å²) in [7, 11) is 0. The van der Waals surface area contributed by atoms with E-state index in [1.807, 2.05) is 6.07 Å². The molecule has 130 valence electrons. The summed E-state index contributed by atoms with van der Waals surface area (Å²) in [5.41, 5.74) is 0.662. The maximum atomic E-state index is 13.2. The summed E-state index contributed by atoms with van der Waals surface area (Å²) in [6, 6.07) is 9.69. The molecule has 0 spiro atoms. The summed E-state index contributed by atoms with van der Waals surface area (Å²) >= 11 is 10.6. The lowest BCUT2D eigenvalue weighted by Crippen LogP contribution is -2.12. The molecule has 1 heterocycles. The van der Waals surface area contributed by atoms with Gasteiger partial charge in [-0.2, -0.15) is 0 Å². The molecule has 0 saturated heterocycles. The molecule has 4 nitrogen and oxygen atoms in total. The van der Waals surface area contributed by atoms with Crippen molar-refractivity contribution in [1.29, 1.82) is 0 Å². The number of hydrogen-bond acceptors (Lipinski definition) is 4. The van der Waals surface area contributed by atoms with Gasteiger partial charge >= 0.3 is 0 Å². The van der Waals surface area contributed by atoms with Crippen molar-refractivity contribution in [3.8, 4) is 5.75 Å². The van der Waals surface area contributed by atoms with Crippen LogP contribution in [-0.4, -0.2) is 17.5 Å². The smallest absolute Gasteiger partial charge is 0.226 e. The van der Waals surface area contributed by atoms with E-state index in [1.165, 1.54) is 23.5 Å². The quantitative estimate of drug-likeness (QED) is 0.501. The van der Waals surface area contributed by atoms with Gasteiger partial charge < -0.3 is 10.1 Å². The first-order valence-electron chi connectivity index (χ1n) is 7.45. The molecule has 3 aromatic rings. The number of halogens is 3. The molecule has 0 bridgehead atoms. The molecule has 0 aliphatic carbocycles. The molecule has 1 amide bonds. The minimum absolute atomic E-state index is 0.162. The van der Waals surface area contributed by atoms with Crippen LogP contribution in [-0.2, 0) is 4.79 Å². The number of ether oxygens (including phenoxy) is 1. The maximum absolute atomic E-state index is 13.2. The third-order valence-corrected chi connectivity index (χ3v) is 5.02. The Labute approximate surface area is 161 Å². The molecule has 0 aliphatic rings. The predicted octanol–water partition coefficient (Wildman–Crippen LogP) is 5.65. The summed E-state index contributed by atoms with van der Waals surface area (Å²) in [4.78, 5) is 16.2. The zero-order valence-electron chi connectivity index (χ0n) is 12.9. The third-order valence-electron chi connectivity index (χ3n) is 3.30. The molecule has 8 heteroatoms. The number of benzene rings is 2. The number of nitrogens with one attached hydrogen (secondary N) is 1. The van der Waals surface area contributed by atoms with Gasteiger partial charge in [-0.05, 0) is 42.8 Å². The highest BCUT2D eigenvalue weighted by Gasteiger charge is 2.09. The highest BCUT2D eigenvalue weighted by Crippen LogP contribution is 2.28. The Bertz CT molecular complexity index is 919. The Hall–Kier alpha value is -1.70. The lowest BCUT2D eigenvalue weighted by Gasteiger charge is -2.08. The van der Waals surface area contributed by atoms with E-state index in [2.05, 4.69) is 26.2 Å². The average molecular weight is 444 g/mol. The minimum atomic E-state index is -0.322. The molecule has 2 aromatic carbocycles. The number of fused-ring (bicyclic) bond motifs is 1. The highest BCUT2D eigenvalue weighted by molar-refractivity contribution is 9.10. The number of thiazole rings is 1. The van der Waals surface area contributed by atoms with E-state index in [9.17, 15) is 9.18 Å². The lowest BCUT2D eigenvalue weighted by molar-refractivity contribution is -0.116. The second-order valence-electron chi connectivity index (χ2n) is 5.21. The van der Waals surface area contributed by atoms with Gasteiger partial charge in [0, 0.05) is 10.9 Å². The van der Waals surface area contributed by atoms with Crippen molar-refractivity contribution in [3.63, 3.8) is 0 Å².